The number of nitrogens with zero attached hydrogens (tertiary/aromatic N) is 3. The number of aromatic nitrogens is 4. The number of benzene rings is 1. The van der Waals surface area contributed by atoms with Gasteiger partial charge in [0, 0.05) is 0 Å². The number of hydrogen-bond acceptors (Lipinski definition) is 3. The molecule has 0 radical (unpaired) electrons. The number of hydrogen-bond donors (Lipinski definition) is 2. The van der Waals surface area contributed by atoms with E-state index in [0.717, 1.165) is 34.9 Å². The van der Waals surface area contributed by atoms with Crippen LogP contribution in [0.4, 0.5) is 0 Å². The third-order valence-corrected chi connectivity index (χ3v) is 4.82. The Bertz CT molecular complexity index is 887. The summed E-state index contributed by atoms with van der Waals surface area (Å²) in [6, 6.07) is 8.88. The van der Waals surface area contributed by atoms with Crippen molar-refractivity contribution in [2.24, 2.45) is 0 Å². The standard InChI is InChI=1S/C21H23N5/c1-26-12-2-3-20(26)21-23-14-19(25-21)11-9-17-6-4-16(5-7-17)8-10-18-13-22-15-24-18/h4-11,13-15,20H,2-3,12H2,1H3,(H,22,24)(H,23,25)/b10-8+,11-9+. The highest BCUT2D eigenvalue weighted by Crippen LogP contribution is 2.28. The van der Waals surface area contributed by atoms with Gasteiger partial charge in [-0.05, 0) is 49.7 Å². The Balaban J connectivity index is 1.40. The summed E-state index contributed by atoms with van der Waals surface area (Å²) >= 11 is 0. The molecule has 1 unspecified atom stereocenters. The molecular weight excluding hydrogens is 322 g/mol. The second-order valence-electron chi connectivity index (χ2n) is 6.70. The lowest BCUT2D eigenvalue weighted by atomic mass is 10.1. The van der Waals surface area contributed by atoms with Crippen molar-refractivity contribution in [1.82, 2.24) is 24.8 Å². The quantitative estimate of drug-likeness (QED) is 0.727. The van der Waals surface area contributed by atoms with Crippen LogP contribution in [0.15, 0.2) is 43.0 Å². The molecule has 0 spiro atoms. The Hall–Kier alpha value is -2.92. The molecule has 0 aliphatic carbocycles. The van der Waals surface area contributed by atoms with Gasteiger partial charge < -0.3 is 9.97 Å². The molecule has 1 aliphatic heterocycles. The van der Waals surface area contributed by atoms with Crippen LogP contribution < -0.4 is 0 Å². The maximum Gasteiger partial charge on any atom is 0.123 e. The molecule has 3 heterocycles. The number of nitrogens with one attached hydrogen (secondary N) is 2. The fourth-order valence-electron chi connectivity index (χ4n) is 3.31. The van der Waals surface area contributed by atoms with Gasteiger partial charge in [-0.2, -0.15) is 0 Å². The Kier molecular flexibility index (Phi) is 4.80. The third-order valence-electron chi connectivity index (χ3n) is 4.82. The highest BCUT2D eigenvalue weighted by Gasteiger charge is 2.24. The van der Waals surface area contributed by atoms with Crippen molar-refractivity contribution in [1.29, 1.82) is 0 Å². The Labute approximate surface area is 153 Å². The van der Waals surface area contributed by atoms with Crippen molar-refractivity contribution in [2.45, 2.75) is 18.9 Å². The molecule has 1 aliphatic rings. The van der Waals surface area contributed by atoms with Gasteiger partial charge >= 0.3 is 0 Å². The highest BCUT2D eigenvalue weighted by molar-refractivity contribution is 5.71. The molecule has 132 valence electrons. The molecular formula is C21H23N5. The number of imidazole rings is 2. The van der Waals surface area contributed by atoms with E-state index in [2.05, 4.69) is 74.4 Å². The minimum Gasteiger partial charge on any atom is -0.345 e. The molecule has 0 amide bonds. The maximum atomic E-state index is 4.56. The molecule has 5 heteroatoms. The van der Waals surface area contributed by atoms with Crippen LogP contribution in [0.25, 0.3) is 24.3 Å². The van der Waals surface area contributed by atoms with Crippen molar-refractivity contribution in [2.75, 3.05) is 13.6 Å². The summed E-state index contributed by atoms with van der Waals surface area (Å²) in [4.78, 5) is 17.4. The van der Waals surface area contributed by atoms with Gasteiger partial charge in [0.05, 0.1) is 36.2 Å². The minimum absolute atomic E-state index is 0.429. The van der Waals surface area contributed by atoms with Crippen LogP contribution in [-0.2, 0) is 0 Å². The zero-order valence-corrected chi connectivity index (χ0v) is 14.9. The zero-order valence-electron chi connectivity index (χ0n) is 14.9. The van der Waals surface area contributed by atoms with Crippen LogP contribution >= 0.6 is 0 Å². The largest absolute Gasteiger partial charge is 0.345 e. The summed E-state index contributed by atoms with van der Waals surface area (Å²) in [6.07, 6.45) is 16.1. The average molecular weight is 345 g/mol. The Morgan fingerprint density at radius 1 is 1.00 bits per heavy atom. The molecule has 2 aromatic heterocycles. The molecule has 4 rings (SSSR count). The van der Waals surface area contributed by atoms with Gasteiger partial charge in [0.25, 0.3) is 0 Å². The maximum absolute atomic E-state index is 4.56. The Morgan fingerprint density at radius 2 is 1.73 bits per heavy atom. The number of aromatic amines is 2. The fraction of sp³-hybridized carbons (Fsp3) is 0.238. The molecule has 0 saturated carbocycles. The number of likely N-dealkylation sites (tertiary alicyclic amines) is 1. The monoisotopic (exact) mass is 345 g/mol. The SMILES string of the molecule is CN1CCCC1c1ncc(/C=C/c2ccc(/C=C/c3cnc[nH]3)cc2)[nH]1. The van der Waals surface area contributed by atoms with Gasteiger partial charge in [-0.15, -0.1) is 0 Å². The van der Waals surface area contributed by atoms with Crippen LogP contribution in [0, 0.1) is 0 Å². The van der Waals surface area contributed by atoms with Gasteiger partial charge in [0.15, 0.2) is 0 Å². The first-order chi connectivity index (χ1) is 12.8. The minimum atomic E-state index is 0.429. The summed E-state index contributed by atoms with van der Waals surface area (Å²) in [5.41, 5.74) is 4.36. The van der Waals surface area contributed by atoms with Crippen LogP contribution in [0.1, 0.15) is 47.2 Å². The lowest BCUT2D eigenvalue weighted by Gasteiger charge is -2.16. The van der Waals surface area contributed by atoms with Gasteiger partial charge in [-0.3, -0.25) is 4.90 Å². The molecule has 26 heavy (non-hydrogen) atoms. The van der Waals surface area contributed by atoms with E-state index in [9.17, 15) is 0 Å². The Morgan fingerprint density at radius 3 is 2.35 bits per heavy atom. The van der Waals surface area contributed by atoms with E-state index in [1.165, 1.54) is 12.8 Å². The summed E-state index contributed by atoms with van der Waals surface area (Å²) in [6.45, 7) is 1.15. The van der Waals surface area contributed by atoms with Crippen molar-refractivity contribution in [3.63, 3.8) is 0 Å². The zero-order chi connectivity index (χ0) is 17.8. The number of H-pyrrole nitrogens is 2. The van der Waals surface area contributed by atoms with Crippen molar-refractivity contribution >= 4 is 24.3 Å². The topological polar surface area (TPSA) is 60.6 Å². The van der Waals surface area contributed by atoms with E-state index in [4.69, 9.17) is 0 Å². The first-order valence-corrected chi connectivity index (χ1v) is 8.98. The van der Waals surface area contributed by atoms with E-state index >= 15 is 0 Å². The first kappa shape index (κ1) is 16.5. The van der Waals surface area contributed by atoms with E-state index in [0.29, 0.717) is 6.04 Å². The average Bonchev–Trinajstić information content (AvgIpc) is 3.41. The molecule has 3 aromatic rings. The van der Waals surface area contributed by atoms with Crippen LogP contribution in [0.2, 0.25) is 0 Å². The molecule has 1 aromatic carbocycles. The smallest absolute Gasteiger partial charge is 0.123 e. The number of rotatable bonds is 5. The fourth-order valence-corrected chi connectivity index (χ4v) is 3.31. The van der Waals surface area contributed by atoms with Gasteiger partial charge in [-0.25, -0.2) is 9.97 Å². The van der Waals surface area contributed by atoms with E-state index in [1.54, 1.807) is 12.5 Å². The van der Waals surface area contributed by atoms with E-state index in [1.807, 2.05) is 12.3 Å². The summed E-state index contributed by atoms with van der Waals surface area (Å²) in [5, 5.41) is 0. The van der Waals surface area contributed by atoms with Gasteiger partial charge in [0.2, 0.25) is 0 Å². The molecule has 0 bridgehead atoms. The molecule has 1 fully saturated rings. The highest BCUT2D eigenvalue weighted by atomic mass is 15.2. The second kappa shape index (κ2) is 7.54. The lowest BCUT2D eigenvalue weighted by Crippen LogP contribution is -2.18. The van der Waals surface area contributed by atoms with E-state index < -0.39 is 0 Å². The summed E-state index contributed by atoms with van der Waals surface area (Å²) in [7, 11) is 2.16. The van der Waals surface area contributed by atoms with Crippen LogP contribution in [0.5, 0.6) is 0 Å². The molecule has 1 atom stereocenters. The van der Waals surface area contributed by atoms with Crippen molar-refractivity contribution in [3.8, 4) is 0 Å². The third kappa shape index (κ3) is 3.83. The summed E-state index contributed by atoms with van der Waals surface area (Å²) < 4.78 is 0. The molecule has 5 nitrogen and oxygen atoms in total. The first-order valence-electron chi connectivity index (χ1n) is 8.98. The van der Waals surface area contributed by atoms with Gasteiger partial charge in [0.1, 0.15) is 5.82 Å². The molecule has 2 N–H and O–H groups in total. The predicted octanol–water partition coefficient (Wildman–Crippen LogP) is 4.24. The van der Waals surface area contributed by atoms with Gasteiger partial charge in [-0.1, -0.05) is 36.4 Å². The predicted molar refractivity (Wildman–Crippen MR) is 106 cm³/mol. The van der Waals surface area contributed by atoms with Crippen molar-refractivity contribution < 1.29 is 0 Å². The van der Waals surface area contributed by atoms with Crippen LogP contribution in [-0.4, -0.2) is 38.4 Å². The van der Waals surface area contributed by atoms with E-state index in [-0.39, 0.29) is 0 Å². The van der Waals surface area contributed by atoms with Crippen molar-refractivity contribution in [3.05, 3.63) is 71.3 Å². The van der Waals surface area contributed by atoms with Crippen LogP contribution in [0.3, 0.4) is 0 Å². The second-order valence-corrected chi connectivity index (χ2v) is 6.70. The summed E-state index contributed by atoms with van der Waals surface area (Å²) in [5.74, 6) is 1.07. The normalized spacial score (nSPS) is 18.4. The lowest BCUT2D eigenvalue weighted by molar-refractivity contribution is 0.307. The molecule has 1 saturated heterocycles.